The third-order valence-corrected chi connectivity index (χ3v) is 6.80. The van der Waals surface area contributed by atoms with Gasteiger partial charge in [-0.05, 0) is 44.1 Å². The number of nitrogens with zero attached hydrogens (tertiary/aromatic N) is 3. The summed E-state index contributed by atoms with van der Waals surface area (Å²) >= 11 is 0. The Bertz CT molecular complexity index is 1080. The number of likely N-dealkylation sites (tertiary alicyclic amines) is 1. The largest absolute Gasteiger partial charge is 0.490 e. The maximum atomic E-state index is 12.7. The zero-order valence-corrected chi connectivity index (χ0v) is 20.1. The predicted molar refractivity (Wildman–Crippen MR) is 124 cm³/mol. The first-order valence-electron chi connectivity index (χ1n) is 12.1. The molecule has 2 N–H and O–H groups in total. The fraction of sp³-hybridized carbons (Fsp3) is 0.560. The van der Waals surface area contributed by atoms with Crippen LogP contribution in [0.1, 0.15) is 42.6 Å². The molecule has 11 heteroatoms. The number of nitrogens with one attached hydrogen (secondary N) is 1. The van der Waals surface area contributed by atoms with Gasteiger partial charge in [0.25, 0.3) is 5.91 Å². The summed E-state index contributed by atoms with van der Waals surface area (Å²) in [5, 5.41) is 10.2. The number of amides is 1. The Kier molecular flexibility index (Phi) is 7.70. The first-order chi connectivity index (χ1) is 17.1. The van der Waals surface area contributed by atoms with Crippen LogP contribution in [-0.2, 0) is 33.0 Å². The van der Waals surface area contributed by atoms with Crippen molar-refractivity contribution in [2.24, 2.45) is 5.92 Å². The van der Waals surface area contributed by atoms with E-state index in [0.29, 0.717) is 12.5 Å². The molecule has 1 aromatic heterocycles. The Hall–Kier alpha value is -2.92. The molecule has 0 bridgehead atoms. The summed E-state index contributed by atoms with van der Waals surface area (Å²) in [7, 11) is 0. The van der Waals surface area contributed by atoms with Gasteiger partial charge >= 0.3 is 12.1 Å². The van der Waals surface area contributed by atoms with Crippen LogP contribution in [0.25, 0.3) is 0 Å². The standard InChI is InChI=1S/C23H30N4O2.C2HF3O2/c1-17-3-2-4-19(13-17)15-26-10-7-23(8-11-26)22-24-9-12-27(22)16-20(29-23)21(28)25-14-18-5-6-18;3-2(4,5)1(6)7/h2-4,9,12-13,18,20H,5-8,10-11,14-16H2,1H3,(H,25,28);(H,6,7). The summed E-state index contributed by atoms with van der Waals surface area (Å²) in [6, 6.07) is 8.72. The molecule has 1 unspecified atom stereocenters. The van der Waals surface area contributed by atoms with Crippen LogP contribution >= 0.6 is 0 Å². The molecule has 3 aliphatic rings. The third-order valence-electron chi connectivity index (χ3n) is 6.80. The average molecular weight is 509 g/mol. The van der Waals surface area contributed by atoms with Crippen molar-refractivity contribution in [3.05, 3.63) is 53.6 Å². The van der Waals surface area contributed by atoms with Gasteiger partial charge in [-0.1, -0.05) is 29.8 Å². The molecule has 8 nitrogen and oxygen atoms in total. The zero-order valence-electron chi connectivity index (χ0n) is 20.1. The summed E-state index contributed by atoms with van der Waals surface area (Å²) in [5.74, 6) is -1.07. The first kappa shape index (κ1) is 26.2. The van der Waals surface area contributed by atoms with E-state index >= 15 is 0 Å². The summed E-state index contributed by atoms with van der Waals surface area (Å²) in [6.07, 6.45) is 2.50. The highest BCUT2D eigenvalue weighted by Gasteiger charge is 2.47. The molecule has 1 spiro atoms. The zero-order chi connectivity index (χ0) is 25.9. The Morgan fingerprint density at radius 3 is 2.56 bits per heavy atom. The number of hydrogen-bond donors (Lipinski definition) is 2. The number of rotatable bonds is 5. The summed E-state index contributed by atoms with van der Waals surface area (Å²) in [4.78, 5) is 28.7. The van der Waals surface area contributed by atoms with Gasteiger partial charge in [-0.25, -0.2) is 9.78 Å². The van der Waals surface area contributed by atoms with Gasteiger partial charge < -0.3 is 19.7 Å². The number of halogens is 3. The Balaban J connectivity index is 0.000000384. The second-order valence-corrected chi connectivity index (χ2v) is 9.76. The van der Waals surface area contributed by atoms with Crippen molar-refractivity contribution in [2.75, 3.05) is 19.6 Å². The van der Waals surface area contributed by atoms with Crippen molar-refractivity contribution >= 4 is 11.9 Å². The molecular weight excluding hydrogens is 477 g/mol. The summed E-state index contributed by atoms with van der Waals surface area (Å²) < 4.78 is 40.4. The smallest absolute Gasteiger partial charge is 0.475 e. The van der Waals surface area contributed by atoms with Crippen LogP contribution in [0.2, 0.25) is 0 Å². The first-order valence-corrected chi connectivity index (χ1v) is 12.1. The molecule has 196 valence electrons. The van der Waals surface area contributed by atoms with Crippen LogP contribution in [0.15, 0.2) is 36.7 Å². The number of hydrogen-bond acceptors (Lipinski definition) is 5. The number of aryl methyl sites for hydroxylation is 1. The second-order valence-electron chi connectivity index (χ2n) is 9.76. The number of aliphatic carboxylic acids is 1. The van der Waals surface area contributed by atoms with Crippen LogP contribution in [0.5, 0.6) is 0 Å². The maximum Gasteiger partial charge on any atom is 0.490 e. The molecule has 36 heavy (non-hydrogen) atoms. The normalized spacial score (nSPS) is 21.3. The van der Waals surface area contributed by atoms with Gasteiger partial charge in [0.15, 0.2) is 6.10 Å². The van der Waals surface area contributed by atoms with Gasteiger partial charge in [0.2, 0.25) is 0 Å². The average Bonchev–Trinajstić information content (AvgIpc) is 3.53. The fourth-order valence-electron chi connectivity index (χ4n) is 4.70. The lowest BCUT2D eigenvalue weighted by molar-refractivity contribution is -0.192. The fourth-order valence-corrected chi connectivity index (χ4v) is 4.70. The van der Waals surface area contributed by atoms with Gasteiger partial charge in [-0.3, -0.25) is 9.69 Å². The molecule has 1 amide bonds. The van der Waals surface area contributed by atoms with Crippen molar-refractivity contribution < 1.29 is 32.6 Å². The number of carboxylic acid groups (broad SMARTS) is 1. The highest BCUT2D eigenvalue weighted by Crippen LogP contribution is 2.40. The van der Waals surface area contributed by atoms with Crippen molar-refractivity contribution in [1.29, 1.82) is 0 Å². The highest BCUT2D eigenvalue weighted by molar-refractivity contribution is 5.81. The van der Waals surface area contributed by atoms with E-state index in [-0.39, 0.29) is 5.91 Å². The van der Waals surface area contributed by atoms with E-state index in [1.165, 1.54) is 24.0 Å². The van der Waals surface area contributed by atoms with Gasteiger partial charge in [0, 0.05) is 38.6 Å². The van der Waals surface area contributed by atoms with E-state index in [9.17, 15) is 18.0 Å². The van der Waals surface area contributed by atoms with E-state index in [4.69, 9.17) is 14.6 Å². The molecule has 2 fully saturated rings. The minimum atomic E-state index is -5.08. The third kappa shape index (κ3) is 6.44. The quantitative estimate of drug-likeness (QED) is 0.644. The van der Waals surface area contributed by atoms with Crippen molar-refractivity contribution in [2.45, 2.75) is 63.6 Å². The molecule has 1 atom stereocenters. The van der Waals surface area contributed by atoms with E-state index in [1.54, 1.807) is 0 Å². The van der Waals surface area contributed by atoms with Crippen LogP contribution in [0.4, 0.5) is 13.2 Å². The van der Waals surface area contributed by atoms with E-state index < -0.39 is 23.9 Å². The number of carbonyl (C=O) groups excluding carboxylic acids is 1. The van der Waals surface area contributed by atoms with Crippen molar-refractivity contribution in [3.8, 4) is 0 Å². The lowest BCUT2D eigenvalue weighted by atomic mass is 9.88. The molecule has 5 rings (SSSR count). The maximum absolute atomic E-state index is 12.7. The highest BCUT2D eigenvalue weighted by atomic mass is 19.4. The van der Waals surface area contributed by atoms with Crippen LogP contribution in [-0.4, -0.2) is 63.3 Å². The molecule has 1 aromatic carbocycles. The lowest BCUT2D eigenvalue weighted by Gasteiger charge is -2.45. The minimum absolute atomic E-state index is 0.0258. The molecule has 1 saturated heterocycles. The molecule has 2 aliphatic heterocycles. The number of ether oxygens (including phenoxy) is 1. The minimum Gasteiger partial charge on any atom is -0.475 e. The van der Waals surface area contributed by atoms with E-state index in [0.717, 1.165) is 44.8 Å². The van der Waals surface area contributed by atoms with E-state index in [2.05, 4.69) is 51.0 Å². The molecular formula is C25H31F3N4O4. The van der Waals surface area contributed by atoms with Gasteiger partial charge in [0.05, 0.1) is 6.54 Å². The number of imidazole rings is 1. The number of piperidine rings is 1. The van der Waals surface area contributed by atoms with Gasteiger partial charge in [-0.15, -0.1) is 0 Å². The Labute approximate surface area is 207 Å². The predicted octanol–water partition coefficient (Wildman–Crippen LogP) is 3.24. The van der Waals surface area contributed by atoms with Crippen LogP contribution in [0, 0.1) is 12.8 Å². The van der Waals surface area contributed by atoms with Gasteiger partial charge in [0.1, 0.15) is 11.4 Å². The van der Waals surface area contributed by atoms with Crippen LogP contribution < -0.4 is 5.32 Å². The van der Waals surface area contributed by atoms with Gasteiger partial charge in [-0.2, -0.15) is 13.2 Å². The number of carbonyl (C=O) groups is 2. The molecule has 1 aliphatic carbocycles. The number of benzene rings is 1. The molecule has 2 aromatic rings. The topological polar surface area (TPSA) is 96.7 Å². The number of alkyl halides is 3. The number of fused-ring (bicyclic) bond motifs is 2. The Morgan fingerprint density at radius 2 is 1.94 bits per heavy atom. The summed E-state index contributed by atoms with van der Waals surface area (Å²) in [5.41, 5.74) is 2.20. The van der Waals surface area contributed by atoms with Crippen molar-refractivity contribution in [3.63, 3.8) is 0 Å². The summed E-state index contributed by atoms with van der Waals surface area (Å²) in [6.45, 7) is 6.32. The molecule has 1 saturated carbocycles. The van der Waals surface area contributed by atoms with E-state index in [1.807, 2.05) is 12.4 Å². The number of carboxylic acids is 1. The second kappa shape index (κ2) is 10.6. The lowest BCUT2D eigenvalue weighted by Crippen LogP contribution is -2.54. The van der Waals surface area contributed by atoms with Crippen LogP contribution in [0.3, 0.4) is 0 Å². The Morgan fingerprint density at radius 1 is 1.25 bits per heavy atom. The van der Waals surface area contributed by atoms with Crippen molar-refractivity contribution in [1.82, 2.24) is 19.8 Å². The number of aromatic nitrogens is 2. The SMILES string of the molecule is Cc1cccc(CN2CCC3(CC2)OC(C(=O)NCC2CC2)Cn2ccnc23)c1.O=C(O)C(F)(F)F. The molecule has 3 heterocycles. The monoisotopic (exact) mass is 508 g/mol. The molecule has 0 radical (unpaired) electrons.